The van der Waals surface area contributed by atoms with Crippen LogP contribution < -0.4 is 10.6 Å². The summed E-state index contributed by atoms with van der Waals surface area (Å²) in [7, 11) is 2.01. The quantitative estimate of drug-likeness (QED) is 0.828. The lowest BCUT2D eigenvalue weighted by Gasteiger charge is -2.24. The largest absolute Gasteiger partial charge is 0.399 e. The van der Waals surface area contributed by atoms with Gasteiger partial charge in [0, 0.05) is 12.7 Å². The van der Waals surface area contributed by atoms with E-state index in [1.807, 2.05) is 25.2 Å². The van der Waals surface area contributed by atoms with Crippen LogP contribution in [0.5, 0.6) is 0 Å². The summed E-state index contributed by atoms with van der Waals surface area (Å²) in [4.78, 5) is 2.09. The molecular weight excluding hydrogens is 220 g/mol. The smallest absolute Gasteiger partial charge is 0.208 e. The summed E-state index contributed by atoms with van der Waals surface area (Å²) in [6.45, 7) is 2.12. The van der Waals surface area contributed by atoms with Gasteiger partial charge in [-0.3, -0.25) is 0 Å². The topological polar surface area (TPSA) is 55.0 Å². The van der Waals surface area contributed by atoms with Crippen LogP contribution in [0.25, 0.3) is 0 Å². The summed E-state index contributed by atoms with van der Waals surface area (Å²) >= 11 is 1.53. The molecule has 1 atom stereocenters. The molecule has 1 aromatic heterocycles. The van der Waals surface area contributed by atoms with Crippen LogP contribution in [0, 0.1) is 0 Å². The van der Waals surface area contributed by atoms with E-state index in [2.05, 4.69) is 28.1 Å². The molecule has 1 unspecified atom stereocenters. The third-order valence-electron chi connectivity index (χ3n) is 2.62. The zero-order chi connectivity index (χ0) is 11.5. The molecule has 2 N–H and O–H groups in total. The second-order valence-corrected chi connectivity index (χ2v) is 4.49. The van der Waals surface area contributed by atoms with Crippen molar-refractivity contribution in [1.29, 1.82) is 0 Å². The Morgan fingerprint density at radius 3 is 2.88 bits per heavy atom. The molecule has 0 saturated heterocycles. The van der Waals surface area contributed by atoms with E-state index in [1.54, 1.807) is 5.51 Å². The van der Waals surface area contributed by atoms with Crippen LogP contribution in [0.15, 0.2) is 29.8 Å². The van der Waals surface area contributed by atoms with Crippen LogP contribution in [0.1, 0.15) is 18.5 Å². The van der Waals surface area contributed by atoms with E-state index < -0.39 is 0 Å². The molecule has 0 amide bonds. The predicted molar refractivity (Wildman–Crippen MR) is 67.6 cm³/mol. The number of benzene rings is 1. The maximum Gasteiger partial charge on any atom is 0.208 e. The van der Waals surface area contributed by atoms with Gasteiger partial charge in [-0.25, -0.2) is 0 Å². The number of nitrogens with two attached hydrogens (primary N) is 1. The summed E-state index contributed by atoms with van der Waals surface area (Å²) in [5.41, 5.74) is 9.47. The lowest BCUT2D eigenvalue weighted by atomic mass is 10.1. The van der Waals surface area contributed by atoms with Crippen molar-refractivity contribution in [3.63, 3.8) is 0 Å². The van der Waals surface area contributed by atoms with E-state index in [0.717, 1.165) is 10.8 Å². The third kappa shape index (κ3) is 2.14. The number of hydrogen-bond donors (Lipinski definition) is 1. The molecule has 4 nitrogen and oxygen atoms in total. The van der Waals surface area contributed by atoms with Gasteiger partial charge < -0.3 is 10.6 Å². The predicted octanol–water partition coefficient (Wildman–Crippen LogP) is 2.32. The van der Waals surface area contributed by atoms with Gasteiger partial charge in [-0.15, -0.1) is 10.2 Å². The highest BCUT2D eigenvalue weighted by Gasteiger charge is 2.14. The fraction of sp³-hybridized carbons (Fsp3) is 0.273. The van der Waals surface area contributed by atoms with E-state index in [4.69, 9.17) is 5.73 Å². The Balaban J connectivity index is 2.22. The highest BCUT2D eigenvalue weighted by atomic mass is 32.1. The first-order chi connectivity index (χ1) is 7.68. The fourth-order valence-electron chi connectivity index (χ4n) is 1.53. The first-order valence-electron chi connectivity index (χ1n) is 5.03. The third-order valence-corrected chi connectivity index (χ3v) is 3.40. The zero-order valence-electron chi connectivity index (χ0n) is 9.29. The Bertz CT molecular complexity index is 455. The minimum Gasteiger partial charge on any atom is -0.399 e. The van der Waals surface area contributed by atoms with Crippen molar-refractivity contribution in [1.82, 2.24) is 10.2 Å². The number of aromatic nitrogens is 2. The Morgan fingerprint density at radius 1 is 1.44 bits per heavy atom. The maximum atomic E-state index is 5.77. The molecule has 0 saturated carbocycles. The Morgan fingerprint density at radius 2 is 2.25 bits per heavy atom. The van der Waals surface area contributed by atoms with Crippen LogP contribution in [0.4, 0.5) is 10.8 Å². The van der Waals surface area contributed by atoms with Gasteiger partial charge in [-0.1, -0.05) is 23.5 Å². The lowest BCUT2D eigenvalue weighted by Crippen LogP contribution is -2.21. The Labute approximate surface area is 98.7 Å². The van der Waals surface area contributed by atoms with Crippen molar-refractivity contribution in [2.24, 2.45) is 0 Å². The van der Waals surface area contributed by atoms with Gasteiger partial charge in [0.25, 0.3) is 0 Å². The monoisotopic (exact) mass is 234 g/mol. The van der Waals surface area contributed by atoms with E-state index >= 15 is 0 Å². The van der Waals surface area contributed by atoms with Crippen LogP contribution in [-0.2, 0) is 0 Å². The summed E-state index contributed by atoms with van der Waals surface area (Å²) in [6.07, 6.45) is 0. The number of rotatable bonds is 3. The SMILES string of the molecule is CC(c1cccc(N)c1)N(C)c1nncs1. The van der Waals surface area contributed by atoms with E-state index in [-0.39, 0.29) is 6.04 Å². The summed E-state index contributed by atoms with van der Waals surface area (Å²) in [5.74, 6) is 0. The molecule has 1 heterocycles. The van der Waals surface area contributed by atoms with Gasteiger partial charge in [0.05, 0.1) is 6.04 Å². The van der Waals surface area contributed by atoms with Crippen molar-refractivity contribution >= 4 is 22.2 Å². The average Bonchev–Trinajstić information content (AvgIpc) is 2.80. The average molecular weight is 234 g/mol. The molecule has 0 radical (unpaired) electrons. The molecule has 0 aliphatic carbocycles. The van der Waals surface area contributed by atoms with E-state index in [0.29, 0.717) is 0 Å². The van der Waals surface area contributed by atoms with E-state index in [9.17, 15) is 0 Å². The highest BCUT2D eigenvalue weighted by molar-refractivity contribution is 7.13. The van der Waals surface area contributed by atoms with Gasteiger partial charge in [0.1, 0.15) is 5.51 Å². The van der Waals surface area contributed by atoms with Crippen LogP contribution >= 0.6 is 11.3 Å². The zero-order valence-corrected chi connectivity index (χ0v) is 10.1. The molecule has 0 fully saturated rings. The molecule has 2 aromatic rings. The van der Waals surface area contributed by atoms with Gasteiger partial charge in [-0.05, 0) is 24.6 Å². The Hall–Kier alpha value is -1.62. The molecular formula is C11H14N4S. The van der Waals surface area contributed by atoms with E-state index in [1.165, 1.54) is 16.9 Å². The summed E-state index contributed by atoms with van der Waals surface area (Å²) in [6, 6.07) is 8.15. The van der Waals surface area contributed by atoms with Crippen molar-refractivity contribution < 1.29 is 0 Å². The second-order valence-electron chi connectivity index (χ2n) is 3.68. The molecule has 0 aliphatic rings. The first-order valence-corrected chi connectivity index (χ1v) is 5.91. The first kappa shape index (κ1) is 10.9. The van der Waals surface area contributed by atoms with Crippen molar-refractivity contribution in [2.75, 3.05) is 17.7 Å². The minimum absolute atomic E-state index is 0.233. The molecule has 84 valence electrons. The van der Waals surface area contributed by atoms with Crippen molar-refractivity contribution in [3.8, 4) is 0 Å². The van der Waals surface area contributed by atoms with Gasteiger partial charge in [-0.2, -0.15) is 0 Å². The van der Waals surface area contributed by atoms with Crippen molar-refractivity contribution in [2.45, 2.75) is 13.0 Å². The molecule has 5 heteroatoms. The van der Waals surface area contributed by atoms with Gasteiger partial charge in [0.2, 0.25) is 5.13 Å². The van der Waals surface area contributed by atoms with Crippen LogP contribution in [-0.4, -0.2) is 17.2 Å². The molecule has 0 spiro atoms. The minimum atomic E-state index is 0.233. The van der Waals surface area contributed by atoms with Crippen molar-refractivity contribution in [3.05, 3.63) is 35.3 Å². The normalized spacial score (nSPS) is 12.4. The van der Waals surface area contributed by atoms with Crippen LogP contribution in [0.3, 0.4) is 0 Å². The number of nitrogens with zero attached hydrogens (tertiary/aromatic N) is 3. The number of hydrogen-bond acceptors (Lipinski definition) is 5. The second kappa shape index (κ2) is 4.49. The summed E-state index contributed by atoms with van der Waals surface area (Å²) in [5, 5.41) is 8.80. The lowest BCUT2D eigenvalue weighted by molar-refractivity contribution is 0.732. The van der Waals surface area contributed by atoms with Crippen LogP contribution in [0.2, 0.25) is 0 Å². The maximum absolute atomic E-state index is 5.77. The molecule has 2 rings (SSSR count). The standard InChI is InChI=1S/C11H14N4S/c1-8(9-4-3-5-10(12)6-9)15(2)11-14-13-7-16-11/h3-8H,12H2,1-2H3. The molecule has 0 bridgehead atoms. The number of anilines is 2. The number of nitrogen functional groups attached to an aromatic ring is 1. The highest BCUT2D eigenvalue weighted by Crippen LogP contribution is 2.26. The van der Waals surface area contributed by atoms with Gasteiger partial charge in [0.15, 0.2) is 0 Å². The molecule has 1 aromatic carbocycles. The Kier molecular flexibility index (Phi) is 3.05. The van der Waals surface area contributed by atoms with Gasteiger partial charge >= 0.3 is 0 Å². The fourth-order valence-corrected chi connectivity index (χ4v) is 2.14. The molecule has 16 heavy (non-hydrogen) atoms. The molecule has 0 aliphatic heterocycles. The summed E-state index contributed by atoms with van der Waals surface area (Å²) < 4.78 is 0.